The molecule has 5 nitrogen and oxygen atoms in total. The summed E-state index contributed by atoms with van der Waals surface area (Å²) in [5.41, 5.74) is 0.333. The fourth-order valence-corrected chi connectivity index (χ4v) is 2.49. The van der Waals surface area contributed by atoms with Gasteiger partial charge in [0.25, 0.3) is 0 Å². The van der Waals surface area contributed by atoms with Crippen molar-refractivity contribution in [3.05, 3.63) is 62.7 Å². The van der Waals surface area contributed by atoms with E-state index in [4.69, 9.17) is 5.11 Å². The molecule has 0 amide bonds. The van der Waals surface area contributed by atoms with E-state index in [-0.39, 0.29) is 11.3 Å². The minimum absolute atomic E-state index is 0.0469. The molecule has 0 aliphatic heterocycles. The molecule has 0 unspecified atom stereocenters. The number of rotatable bonds is 2. The molecule has 1 heterocycles. The summed E-state index contributed by atoms with van der Waals surface area (Å²) in [5, 5.41) is 8.95. The predicted octanol–water partition coefficient (Wildman–Crippen LogP) is 2.92. The Labute approximate surface area is 125 Å². The zero-order chi connectivity index (χ0) is 15.1. The minimum Gasteiger partial charge on any atom is -0.478 e. The van der Waals surface area contributed by atoms with Crippen LogP contribution < -0.4 is 5.69 Å². The molecule has 0 aliphatic rings. The van der Waals surface area contributed by atoms with Crippen molar-refractivity contribution < 1.29 is 14.3 Å². The van der Waals surface area contributed by atoms with Crippen molar-refractivity contribution in [2.45, 2.75) is 0 Å². The van der Waals surface area contributed by atoms with Crippen LogP contribution in [0.2, 0.25) is 0 Å². The molecule has 0 bridgehead atoms. The van der Waals surface area contributed by atoms with Crippen LogP contribution in [0.1, 0.15) is 10.4 Å². The zero-order valence-corrected chi connectivity index (χ0v) is 12.0. The lowest BCUT2D eigenvalue weighted by Crippen LogP contribution is -2.15. The van der Waals surface area contributed by atoms with Gasteiger partial charge >= 0.3 is 11.7 Å². The Morgan fingerprint density at radius 2 is 2.00 bits per heavy atom. The highest BCUT2D eigenvalue weighted by atomic mass is 79.9. The van der Waals surface area contributed by atoms with Gasteiger partial charge in [0.15, 0.2) is 0 Å². The first-order valence-electron chi connectivity index (χ1n) is 5.91. The molecule has 0 atom stereocenters. The van der Waals surface area contributed by atoms with E-state index >= 15 is 0 Å². The molecule has 3 rings (SSSR count). The summed E-state index contributed by atoms with van der Waals surface area (Å²) in [6.45, 7) is 0. The smallest absolute Gasteiger partial charge is 0.335 e. The summed E-state index contributed by atoms with van der Waals surface area (Å²) in [6.07, 6.45) is 0. The van der Waals surface area contributed by atoms with Crippen molar-refractivity contribution in [2.24, 2.45) is 0 Å². The number of hydrogen-bond acceptors (Lipinski definition) is 2. The average molecular weight is 351 g/mol. The Morgan fingerprint density at radius 3 is 2.71 bits per heavy atom. The summed E-state index contributed by atoms with van der Waals surface area (Å²) in [6, 6.07) is 8.43. The average Bonchev–Trinajstić information content (AvgIpc) is 2.76. The number of carbonyl (C=O) groups is 1. The van der Waals surface area contributed by atoms with Crippen molar-refractivity contribution >= 4 is 32.9 Å². The number of hydrogen-bond donors (Lipinski definition) is 2. The Morgan fingerprint density at radius 1 is 1.24 bits per heavy atom. The molecule has 3 aromatic rings. The van der Waals surface area contributed by atoms with E-state index in [9.17, 15) is 14.0 Å². The third-order valence-corrected chi connectivity index (χ3v) is 3.57. The van der Waals surface area contributed by atoms with Crippen LogP contribution in [0.4, 0.5) is 4.39 Å². The van der Waals surface area contributed by atoms with Crippen LogP contribution in [0.5, 0.6) is 0 Å². The first-order valence-corrected chi connectivity index (χ1v) is 6.70. The number of benzene rings is 2. The number of fused-ring (bicyclic) bond motifs is 1. The zero-order valence-electron chi connectivity index (χ0n) is 10.4. The standard InChI is InChI=1S/C14H8BrFN2O3/c15-8-2-3-9(16)12(6-8)18-11-4-1-7(13(19)20)5-10(11)17-14(18)21/h1-6H,(H,17,21)(H,19,20). The largest absolute Gasteiger partial charge is 0.478 e. The van der Waals surface area contributed by atoms with Crippen LogP contribution in [0.15, 0.2) is 45.7 Å². The van der Waals surface area contributed by atoms with Crippen molar-refractivity contribution in [3.63, 3.8) is 0 Å². The summed E-state index contributed by atoms with van der Waals surface area (Å²) in [7, 11) is 0. The van der Waals surface area contributed by atoms with Crippen LogP contribution >= 0.6 is 15.9 Å². The van der Waals surface area contributed by atoms with Crippen LogP contribution in [0, 0.1) is 5.82 Å². The lowest BCUT2D eigenvalue weighted by atomic mass is 10.2. The summed E-state index contributed by atoms with van der Waals surface area (Å²) in [4.78, 5) is 25.5. The summed E-state index contributed by atoms with van der Waals surface area (Å²) in [5.74, 6) is -1.65. The topological polar surface area (TPSA) is 75.1 Å². The molecule has 1 aromatic heterocycles. The van der Waals surface area contributed by atoms with E-state index in [0.717, 1.165) is 0 Å². The van der Waals surface area contributed by atoms with Gasteiger partial charge in [-0.2, -0.15) is 0 Å². The van der Waals surface area contributed by atoms with E-state index in [1.807, 2.05) is 0 Å². The number of aromatic carboxylic acids is 1. The minimum atomic E-state index is -1.10. The molecular weight excluding hydrogens is 343 g/mol. The normalized spacial score (nSPS) is 11.0. The lowest BCUT2D eigenvalue weighted by Gasteiger charge is -2.05. The van der Waals surface area contributed by atoms with E-state index < -0.39 is 17.5 Å². The van der Waals surface area contributed by atoms with Gasteiger partial charge < -0.3 is 10.1 Å². The lowest BCUT2D eigenvalue weighted by molar-refractivity contribution is 0.0697. The summed E-state index contributed by atoms with van der Waals surface area (Å²) < 4.78 is 15.8. The molecule has 0 aliphatic carbocycles. The molecule has 21 heavy (non-hydrogen) atoms. The Hall–Kier alpha value is -2.41. The maximum Gasteiger partial charge on any atom is 0.335 e. The quantitative estimate of drug-likeness (QED) is 0.746. The predicted molar refractivity (Wildman–Crippen MR) is 78.5 cm³/mol. The second-order valence-corrected chi connectivity index (χ2v) is 5.31. The number of carboxylic acid groups (broad SMARTS) is 1. The molecule has 0 saturated heterocycles. The third-order valence-electron chi connectivity index (χ3n) is 3.08. The van der Waals surface area contributed by atoms with Crippen molar-refractivity contribution in [1.82, 2.24) is 9.55 Å². The van der Waals surface area contributed by atoms with Gasteiger partial charge in [-0.1, -0.05) is 15.9 Å². The molecule has 0 saturated carbocycles. The van der Waals surface area contributed by atoms with Gasteiger partial charge in [-0.05, 0) is 36.4 Å². The number of halogens is 2. The van der Waals surface area contributed by atoms with E-state index in [1.54, 1.807) is 0 Å². The highest BCUT2D eigenvalue weighted by molar-refractivity contribution is 9.10. The fraction of sp³-hybridized carbons (Fsp3) is 0. The Kier molecular flexibility index (Phi) is 3.13. The van der Waals surface area contributed by atoms with Gasteiger partial charge in [-0.3, -0.25) is 4.57 Å². The highest BCUT2D eigenvalue weighted by Gasteiger charge is 2.14. The summed E-state index contributed by atoms with van der Waals surface area (Å²) >= 11 is 3.23. The fourth-order valence-electron chi connectivity index (χ4n) is 2.14. The van der Waals surface area contributed by atoms with Crippen LogP contribution in [0.25, 0.3) is 16.7 Å². The Bertz CT molecular complexity index is 930. The number of imidazole rings is 1. The van der Waals surface area contributed by atoms with Gasteiger partial charge in [0.2, 0.25) is 0 Å². The highest BCUT2D eigenvalue weighted by Crippen LogP contribution is 2.22. The maximum absolute atomic E-state index is 14.0. The van der Waals surface area contributed by atoms with E-state index in [2.05, 4.69) is 20.9 Å². The maximum atomic E-state index is 14.0. The molecule has 7 heteroatoms. The van der Waals surface area contributed by atoms with Gasteiger partial charge in [0, 0.05) is 4.47 Å². The molecule has 2 aromatic carbocycles. The molecule has 2 N–H and O–H groups in total. The third kappa shape index (κ3) is 2.25. The van der Waals surface area contributed by atoms with Crippen LogP contribution in [-0.2, 0) is 0 Å². The van der Waals surface area contributed by atoms with E-state index in [1.165, 1.54) is 41.0 Å². The van der Waals surface area contributed by atoms with Crippen molar-refractivity contribution in [1.29, 1.82) is 0 Å². The van der Waals surface area contributed by atoms with E-state index in [0.29, 0.717) is 15.5 Å². The number of aromatic amines is 1. The van der Waals surface area contributed by atoms with Gasteiger partial charge in [0.1, 0.15) is 5.82 Å². The number of aromatic nitrogens is 2. The first-order chi connectivity index (χ1) is 9.97. The molecule has 106 valence electrons. The molecule has 0 radical (unpaired) electrons. The van der Waals surface area contributed by atoms with Gasteiger partial charge in [0.05, 0.1) is 22.3 Å². The Balaban J connectivity index is 2.33. The first kappa shape index (κ1) is 13.6. The number of H-pyrrole nitrogens is 1. The van der Waals surface area contributed by atoms with Crippen molar-refractivity contribution in [3.8, 4) is 5.69 Å². The van der Waals surface area contributed by atoms with Crippen LogP contribution in [0.3, 0.4) is 0 Å². The number of nitrogens with zero attached hydrogens (tertiary/aromatic N) is 1. The number of nitrogens with one attached hydrogen (secondary N) is 1. The van der Waals surface area contributed by atoms with Gasteiger partial charge in [-0.15, -0.1) is 0 Å². The monoisotopic (exact) mass is 350 g/mol. The van der Waals surface area contributed by atoms with Crippen LogP contribution in [-0.4, -0.2) is 20.6 Å². The number of carboxylic acids is 1. The molecule has 0 fully saturated rings. The molecule has 0 spiro atoms. The van der Waals surface area contributed by atoms with Crippen molar-refractivity contribution in [2.75, 3.05) is 0 Å². The van der Waals surface area contributed by atoms with Gasteiger partial charge in [-0.25, -0.2) is 14.0 Å². The SMILES string of the molecule is O=C(O)c1ccc2c(c1)[nH]c(=O)n2-c1cc(Br)ccc1F. The molecular formula is C14H8BrFN2O3. The second kappa shape index (κ2) is 4.85. The second-order valence-electron chi connectivity index (χ2n) is 4.40.